The summed E-state index contributed by atoms with van der Waals surface area (Å²) in [5.41, 5.74) is 6.98. The molecule has 6 heteroatoms. The van der Waals surface area contributed by atoms with Gasteiger partial charge in [-0.05, 0) is 17.7 Å². The number of hydrogen-bond acceptors (Lipinski definition) is 3. The molecule has 5 nitrogen and oxygen atoms in total. The standard InChI is InChI=1S/C8H13N3O2S/c1-10-14(12,13)11-6-7-3-2-4-8(9)5-7/h2-5,10-11H,6,9H2,1H3. The summed E-state index contributed by atoms with van der Waals surface area (Å²) in [7, 11) is -2.02. The van der Waals surface area contributed by atoms with Crippen molar-refractivity contribution in [1.82, 2.24) is 9.44 Å². The van der Waals surface area contributed by atoms with Gasteiger partial charge in [-0.3, -0.25) is 0 Å². The lowest BCUT2D eigenvalue weighted by atomic mass is 10.2. The smallest absolute Gasteiger partial charge is 0.276 e. The topological polar surface area (TPSA) is 84.2 Å². The molecule has 0 amide bonds. The van der Waals surface area contributed by atoms with Crippen LogP contribution in [0.4, 0.5) is 5.69 Å². The molecule has 0 fully saturated rings. The summed E-state index contributed by atoms with van der Waals surface area (Å²) in [5.74, 6) is 0. The number of nitrogen functional groups attached to an aromatic ring is 1. The maximum atomic E-state index is 11.0. The van der Waals surface area contributed by atoms with Gasteiger partial charge < -0.3 is 5.73 Å². The fourth-order valence-corrected chi connectivity index (χ4v) is 1.45. The van der Waals surface area contributed by atoms with Gasteiger partial charge in [0.15, 0.2) is 0 Å². The second kappa shape index (κ2) is 4.41. The maximum Gasteiger partial charge on any atom is 0.276 e. The summed E-state index contributed by atoms with van der Waals surface area (Å²) in [6.07, 6.45) is 0. The van der Waals surface area contributed by atoms with Gasteiger partial charge in [0, 0.05) is 19.3 Å². The zero-order chi connectivity index (χ0) is 10.6. The quantitative estimate of drug-likeness (QED) is 0.609. The Kier molecular flexibility index (Phi) is 3.45. The third-order valence-corrected chi connectivity index (χ3v) is 2.75. The Bertz CT molecular complexity index is 403. The molecule has 0 saturated carbocycles. The Morgan fingerprint density at radius 3 is 2.71 bits per heavy atom. The van der Waals surface area contributed by atoms with Gasteiger partial charge in [-0.1, -0.05) is 12.1 Å². The largest absolute Gasteiger partial charge is 0.399 e. The van der Waals surface area contributed by atoms with Crippen LogP contribution in [0.2, 0.25) is 0 Å². The molecule has 1 aromatic carbocycles. The molecule has 0 heterocycles. The van der Waals surface area contributed by atoms with E-state index < -0.39 is 10.2 Å². The minimum Gasteiger partial charge on any atom is -0.399 e. The molecule has 0 spiro atoms. The van der Waals surface area contributed by atoms with Crippen LogP contribution in [-0.2, 0) is 16.8 Å². The average Bonchev–Trinajstić information content (AvgIpc) is 2.15. The predicted octanol–water partition coefficient (Wildman–Crippen LogP) is -0.177. The van der Waals surface area contributed by atoms with Crippen molar-refractivity contribution in [1.29, 1.82) is 0 Å². The normalized spacial score (nSPS) is 11.5. The van der Waals surface area contributed by atoms with Crippen LogP contribution in [0, 0.1) is 0 Å². The first-order chi connectivity index (χ1) is 6.53. The highest BCUT2D eigenvalue weighted by Gasteiger charge is 2.04. The molecule has 0 atom stereocenters. The molecule has 0 aromatic heterocycles. The molecular weight excluding hydrogens is 202 g/mol. The highest BCUT2D eigenvalue weighted by molar-refractivity contribution is 7.87. The zero-order valence-corrected chi connectivity index (χ0v) is 8.64. The lowest BCUT2D eigenvalue weighted by Gasteiger charge is -2.05. The lowest BCUT2D eigenvalue weighted by Crippen LogP contribution is -2.33. The molecular formula is C8H13N3O2S. The van der Waals surface area contributed by atoms with Crippen LogP contribution in [0.5, 0.6) is 0 Å². The van der Waals surface area contributed by atoms with Crippen LogP contribution < -0.4 is 15.2 Å². The monoisotopic (exact) mass is 215 g/mol. The van der Waals surface area contributed by atoms with Crippen molar-refractivity contribution in [2.45, 2.75) is 6.54 Å². The number of rotatable bonds is 4. The second-order valence-corrected chi connectivity index (χ2v) is 4.48. The molecule has 1 aromatic rings. The minimum atomic E-state index is -3.37. The molecule has 0 bridgehead atoms. The highest BCUT2D eigenvalue weighted by Crippen LogP contribution is 2.05. The molecule has 0 aliphatic rings. The van der Waals surface area contributed by atoms with Crippen LogP contribution in [0.15, 0.2) is 24.3 Å². The predicted molar refractivity (Wildman–Crippen MR) is 55.7 cm³/mol. The fraction of sp³-hybridized carbons (Fsp3) is 0.250. The second-order valence-electron chi connectivity index (χ2n) is 2.77. The molecule has 0 radical (unpaired) electrons. The van der Waals surface area contributed by atoms with E-state index >= 15 is 0 Å². The molecule has 14 heavy (non-hydrogen) atoms. The van der Waals surface area contributed by atoms with Gasteiger partial charge >= 0.3 is 0 Å². The van der Waals surface area contributed by atoms with Crippen molar-refractivity contribution in [3.63, 3.8) is 0 Å². The van der Waals surface area contributed by atoms with E-state index in [2.05, 4.69) is 9.44 Å². The Morgan fingerprint density at radius 1 is 1.43 bits per heavy atom. The lowest BCUT2D eigenvalue weighted by molar-refractivity contribution is 0.573. The van der Waals surface area contributed by atoms with E-state index in [1.165, 1.54) is 7.05 Å². The molecule has 78 valence electrons. The third kappa shape index (κ3) is 3.33. The zero-order valence-electron chi connectivity index (χ0n) is 7.82. The number of benzene rings is 1. The van der Waals surface area contributed by atoms with Crippen molar-refractivity contribution < 1.29 is 8.42 Å². The van der Waals surface area contributed by atoms with Gasteiger partial charge in [0.05, 0.1) is 0 Å². The highest BCUT2D eigenvalue weighted by atomic mass is 32.2. The van der Waals surface area contributed by atoms with Gasteiger partial charge in [0.25, 0.3) is 10.2 Å². The SMILES string of the molecule is CNS(=O)(=O)NCc1cccc(N)c1. The van der Waals surface area contributed by atoms with Crippen LogP contribution in [0.25, 0.3) is 0 Å². The van der Waals surface area contributed by atoms with Gasteiger partial charge in [0.1, 0.15) is 0 Å². The summed E-state index contributed by atoms with van der Waals surface area (Å²) >= 11 is 0. The van der Waals surface area contributed by atoms with Gasteiger partial charge in [-0.2, -0.15) is 13.1 Å². The molecule has 0 saturated heterocycles. The summed E-state index contributed by atoms with van der Waals surface area (Å²) < 4.78 is 26.5. The van der Waals surface area contributed by atoms with E-state index in [0.717, 1.165) is 5.56 Å². The van der Waals surface area contributed by atoms with E-state index in [0.29, 0.717) is 5.69 Å². The molecule has 0 aliphatic heterocycles. The summed E-state index contributed by atoms with van der Waals surface area (Å²) in [5, 5.41) is 0. The first-order valence-corrected chi connectivity index (χ1v) is 5.54. The molecule has 4 N–H and O–H groups in total. The van der Waals surface area contributed by atoms with E-state index in [9.17, 15) is 8.42 Å². The van der Waals surface area contributed by atoms with Crippen LogP contribution >= 0.6 is 0 Å². The number of nitrogens with one attached hydrogen (secondary N) is 2. The Morgan fingerprint density at radius 2 is 2.14 bits per heavy atom. The first-order valence-electron chi connectivity index (χ1n) is 4.06. The van der Waals surface area contributed by atoms with Gasteiger partial charge in [-0.25, -0.2) is 4.72 Å². The third-order valence-electron chi connectivity index (χ3n) is 1.69. The van der Waals surface area contributed by atoms with Crippen molar-refractivity contribution in [2.75, 3.05) is 12.8 Å². The van der Waals surface area contributed by atoms with Crippen molar-refractivity contribution in [3.05, 3.63) is 29.8 Å². The summed E-state index contributed by atoms with van der Waals surface area (Å²) in [6, 6.07) is 7.04. The summed E-state index contributed by atoms with van der Waals surface area (Å²) in [4.78, 5) is 0. The van der Waals surface area contributed by atoms with Crippen molar-refractivity contribution in [2.24, 2.45) is 0 Å². The Balaban J connectivity index is 2.63. The Labute approximate surface area is 83.5 Å². The first kappa shape index (κ1) is 11.0. The van der Waals surface area contributed by atoms with Gasteiger partial charge in [-0.15, -0.1) is 0 Å². The van der Waals surface area contributed by atoms with Gasteiger partial charge in [0.2, 0.25) is 0 Å². The van der Waals surface area contributed by atoms with Crippen molar-refractivity contribution >= 4 is 15.9 Å². The minimum absolute atomic E-state index is 0.230. The van der Waals surface area contributed by atoms with Crippen LogP contribution in [0.3, 0.4) is 0 Å². The van der Waals surface area contributed by atoms with E-state index in [1.807, 2.05) is 0 Å². The molecule has 0 unspecified atom stereocenters. The maximum absolute atomic E-state index is 11.0. The number of nitrogens with two attached hydrogens (primary N) is 1. The average molecular weight is 215 g/mol. The number of anilines is 1. The van der Waals surface area contributed by atoms with Crippen LogP contribution in [-0.4, -0.2) is 15.5 Å². The molecule has 1 rings (SSSR count). The van der Waals surface area contributed by atoms with E-state index in [1.54, 1.807) is 24.3 Å². The van der Waals surface area contributed by atoms with E-state index in [-0.39, 0.29) is 6.54 Å². The van der Waals surface area contributed by atoms with Crippen LogP contribution in [0.1, 0.15) is 5.56 Å². The Hall–Kier alpha value is -1.11. The fourth-order valence-electron chi connectivity index (χ4n) is 0.954. The molecule has 0 aliphatic carbocycles. The van der Waals surface area contributed by atoms with Crippen molar-refractivity contribution in [3.8, 4) is 0 Å². The van der Waals surface area contributed by atoms with E-state index in [4.69, 9.17) is 5.73 Å². The number of hydrogen-bond donors (Lipinski definition) is 3. The summed E-state index contributed by atoms with van der Waals surface area (Å²) in [6.45, 7) is 0.230.